The van der Waals surface area contributed by atoms with Gasteiger partial charge in [-0.3, -0.25) is 0 Å². The maximum atomic E-state index is 9.21. The number of phenols is 1. The number of hydrogen-bond acceptors (Lipinski definition) is 2. The van der Waals surface area contributed by atoms with E-state index in [0.29, 0.717) is 5.02 Å². The third kappa shape index (κ3) is 1.69. The van der Waals surface area contributed by atoms with E-state index in [2.05, 4.69) is 0 Å². The van der Waals surface area contributed by atoms with Crippen LogP contribution in [0.4, 0.5) is 0 Å². The molecule has 0 radical (unpaired) electrons. The molecule has 0 fully saturated rings. The summed E-state index contributed by atoms with van der Waals surface area (Å²) in [7, 11) is 0. The van der Waals surface area contributed by atoms with Gasteiger partial charge in [0.2, 0.25) is 0 Å². The van der Waals surface area contributed by atoms with Gasteiger partial charge in [-0.2, -0.15) is 0 Å². The van der Waals surface area contributed by atoms with E-state index in [9.17, 15) is 5.11 Å². The lowest BCUT2D eigenvalue weighted by atomic mass is 10.2. The summed E-state index contributed by atoms with van der Waals surface area (Å²) in [5, 5.41) is 11.6. The van der Waals surface area contributed by atoms with Crippen LogP contribution in [0.3, 0.4) is 0 Å². The molecule has 0 saturated carbocycles. The van der Waals surface area contributed by atoms with Gasteiger partial charge in [-0.1, -0.05) is 17.7 Å². The second-order valence-electron chi connectivity index (χ2n) is 2.64. The molecule has 2 rings (SSSR count). The van der Waals surface area contributed by atoms with Crippen molar-refractivity contribution < 1.29 is 5.11 Å². The maximum Gasteiger partial charge on any atom is 0.134 e. The predicted molar refractivity (Wildman–Crippen MR) is 56.4 cm³/mol. The summed E-state index contributed by atoms with van der Waals surface area (Å²) in [6.07, 6.45) is 0. The zero-order chi connectivity index (χ0) is 9.26. The molecule has 13 heavy (non-hydrogen) atoms. The van der Waals surface area contributed by atoms with Crippen molar-refractivity contribution in [3.05, 3.63) is 40.7 Å². The van der Waals surface area contributed by atoms with E-state index in [4.69, 9.17) is 11.6 Å². The van der Waals surface area contributed by atoms with Crippen LogP contribution in [-0.2, 0) is 0 Å². The number of hydrogen-bond donors (Lipinski definition) is 1. The van der Waals surface area contributed by atoms with E-state index in [1.807, 2.05) is 23.6 Å². The van der Waals surface area contributed by atoms with Gasteiger partial charge >= 0.3 is 0 Å². The minimum atomic E-state index is 0.127. The Morgan fingerprint density at radius 2 is 2.08 bits per heavy atom. The Balaban J connectivity index is 2.49. The van der Waals surface area contributed by atoms with Gasteiger partial charge in [0.05, 0.1) is 5.02 Å². The van der Waals surface area contributed by atoms with Crippen molar-refractivity contribution in [3.8, 4) is 16.2 Å². The van der Waals surface area contributed by atoms with Gasteiger partial charge < -0.3 is 5.11 Å². The Labute approximate surface area is 85.2 Å². The summed E-state index contributed by atoms with van der Waals surface area (Å²) in [5.41, 5.74) is 1.04. The van der Waals surface area contributed by atoms with Crippen LogP contribution in [0.1, 0.15) is 0 Å². The average molecular weight is 211 g/mol. The van der Waals surface area contributed by atoms with Crippen molar-refractivity contribution in [2.45, 2.75) is 0 Å². The van der Waals surface area contributed by atoms with Gasteiger partial charge in [0.15, 0.2) is 0 Å². The van der Waals surface area contributed by atoms with Gasteiger partial charge in [0, 0.05) is 4.88 Å². The fourth-order valence-corrected chi connectivity index (χ4v) is 2.01. The van der Waals surface area contributed by atoms with Crippen molar-refractivity contribution in [1.82, 2.24) is 0 Å². The molecule has 1 aromatic heterocycles. The van der Waals surface area contributed by atoms with Crippen LogP contribution in [0.15, 0.2) is 35.7 Å². The van der Waals surface area contributed by atoms with Gasteiger partial charge in [-0.25, -0.2) is 0 Å². The average Bonchev–Trinajstić information content (AvgIpc) is 2.62. The molecule has 0 aliphatic heterocycles. The van der Waals surface area contributed by atoms with Gasteiger partial charge in [-0.05, 0) is 35.2 Å². The summed E-state index contributed by atoms with van der Waals surface area (Å²) in [5.74, 6) is 0.127. The highest BCUT2D eigenvalue weighted by molar-refractivity contribution is 7.13. The highest BCUT2D eigenvalue weighted by Crippen LogP contribution is 2.31. The Morgan fingerprint density at radius 1 is 1.23 bits per heavy atom. The quantitative estimate of drug-likeness (QED) is 0.760. The highest BCUT2D eigenvalue weighted by atomic mass is 35.5. The monoisotopic (exact) mass is 210 g/mol. The highest BCUT2D eigenvalue weighted by Gasteiger charge is 2.02. The van der Waals surface area contributed by atoms with Crippen molar-refractivity contribution in [3.63, 3.8) is 0 Å². The van der Waals surface area contributed by atoms with Crippen LogP contribution >= 0.6 is 22.9 Å². The molecule has 0 atom stereocenters. The van der Waals surface area contributed by atoms with Crippen molar-refractivity contribution in [2.75, 3.05) is 0 Å². The van der Waals surface area contributed by atoms with E-state index in [0.717, 1.165) is 10.4 Å². The van der Waals surface area contributed by atoms with Crippen molar-refractivity contribution in [1.29, 1.82) is 0 Å². The smallest absolute Gasteiger partial charge is 0.134 e. The molecule has 0 aliphatic rings. The van der Waals surface area contributed by atoms with Crippen LogP contribution in [0.25, 0.3) is 10.4 Å². The van der Waals surface area contributed by atoms with Crippen LogP contribution < -0.4 is 0 Å². The molecule has 0 unspecified atom stereocenters. The van der Waals surface area contributed by atoms with Crippen LogP contribution in [0, 0.1) is 0 Å². The molecule has 0 aliphatic carbocycles. The molecule has 0 amide bonds. The van der Waals surface area contributed by atoms with Crippen LogP contribution in [0.5, 0.6) is 5.75 Å². The number of phenolic OH excluding ortho intramolecular Hbond substituents is 1. The van der Waals surface area contributed by atoms with Crippen LogP contribution in [0.2, 0.25) is 5.02 Å². The number of rotatable bonds is 1. The molecular formula is C10H7ClOS. The molecule has 66 valence electrons. The minimum Gasteiger partial charge on any atom is -0.506 e. The fraction of sp³-hybridized carbons (Fsp3) is 0. The molecule has 1 N–H and O–H groups in total. The zero-order valence-electron chi connectivity index (χ0n) is 6.70. The number of halogens is 1. The Morgan fingerprint density at radius 3 is 2.69 bits per heavy atom. The van der Waals surface area contributed by atoms with E-state index >= 15 is 0 Å². The Hall–Kier alpha value is -0.990. The summed E-state index contributed by atoms with van der Waals surface area (Å²) in [4.78, 5) is 1.15. The number of aromatic hydroxyl groups is 1. The molecule has 0 bridgehead atoms. The van der Waals surface area contributed by atoms with Gasteiger partial charge in [0.1, 0.15) is 5.75 Å². The molecule has 1 aromatic carbocycles. The Kier molecular flexibility index (Phi) is 2.25. The first-order valence-corrected chi connectivity index (χ1v) is 5.05. The second-order valence-corrected chi connectivity index (χ2v) is 4.00. The van der Waals surface area contributed by atoms with E-state index in [-0.39, 0.29) is 5.75 Å². The third-order valence-electron chi connectivity index (χ3n) is 1.75. The van der Waals surface area contributed by atoms with Crippen molar-refractivity contribution in [2.24, 2.45) is 0 Å². The fourth-order valence-electron chi connectivity index (χ4n) is 1.10. The molecule has 2 aromatic rings. The topological polar surface area (TPSA) is 20.2 Å². The largest absolute Gasteiger partial charge is 0.506 e. The second kappa shape index (κ2) is 3.40. The zero-order valence-corrected chi connectivity index (χ0v) is 8.27. The van der Waals surface area contributed by atoms with Crippen LogP contribution in [-0.4, -0.2) is 5.11 Å². The first-order chi connectivity index (χ1) is 6.27. The first-order valence-electron chi connectivity index (χ1n) is 3.80. The first kappa shape index (κ1) is 8.60. The number of benzene rings is 1. The molecule has 1 heterocycles. The van der Waals surface area contributed by atoms with E-state index < -0.39 is 0 Å². The lowest BCUT2D eigenvalue weighted by molar-refractivity contribution is 0.475. The molecular weight excluding hydrogens is 204 g/mol. The van der Waals surface area contributed by atoms with E-state index in [1.54, 1.807) is 23.5 Å². The normalized spacial score (nSPS) is 10.2. The summed E-state index contributed by atoms with van der Waals surface area (Å²) < 4.78 is 0. The maximum absolute atomic E-state index is 9.21. The van der Waals surface area contributed by atoms with Gasteiger partial charge in [0.25, 0.3) is 0 Å². The number of thiophene rings is 1. The summed E-state index contributed by atoms with van der Waals surface area (Å²) >= 11 is 7.44. The molecule has 1 nitrogen and oxygen atoms in total. The summed E-state index contributed by atoms with van der Waals surface area (Å²) in [6, 6.07) is 9.24. The standard InChI is InChI=1S/C10H7ClOS/c11-8-6-7(3-4-9(8)12)10-2-1-5-13-10/h1-6,12H. The molecule has 0 spiro atoms. The summed E-state index contributed by atoms with van der Waals surface area (Å²) in [6.45, 7) is 0. The van der Waals surface area contributed by atoms with Crippen molar-refractivity contribution >= 4 is 22.9 Å². The minimum absolute atomic E-state index is 0.127. The van der Waals surface area contributed by atoms with E-state index in [1.165, 1.54) is 0 Å². The van der Waals surface area contributed by atoms with Gasteiger partial charge in [-0.15, -0.1) is 11.3 Å². The molecule has 0 saturated heterocycles. The predicted octanol–water partition coefficient (Wildman–Crippen LogP) is 3.77. The third-order valence-corrected chi connectivity index (χ3v) is 2.98. The lowest BCUT2D eigenvalue weighted by Gasteiger charge is -1.99. The molecule has 3 heteroatoms. The SMILES string of the molecule is Oc1ccc(-c2cccs2)cc1Cl. The Bertz CT molecular complexity index is 409. The lowest BCUT2D eigenvalue weighted by Crippen LogP contribution is -1.72.